The van der Waals surface area contributed by atoms with Crippen LogP contribution in [0.2, 0.25) is 0 Å². The summed E-state index contributed by atoms with van der Waals surface area (Å²) in [5, 5.41) is 9.50. The van der Waals surface area contributed by atoms with Crippen molar-refractivity contribution >= 4 is 10.9 Å². The summed E-state index contributed by atoms with van der Waals surface area (Å²) >= 11 is 0. The van der Waals surface area contributed by atoms with Gasteiger partial charge in [-0.25, -0.2) is 4.39 Å². The molecule has 0 bridgehead atoms. The first-order valence-corrected chi connectivity index (χ1v) is 3.89. The maximum atomic E-state index is 13.1. The van der Waals surface area contributed by atoms with Gasteiger partial charge in [-0.1, -0.05) is 0 Å². The minimum Gasteiger partial charge on any atom is -0.360 e. The third kappa shape index (κ3) is 1.07. The highest BCUT2D eigenvalue weighted by molar-refractivity contribution is 5.86. The van der Waals surface area contributed by atoms with E-state index >= 15 is 0 Å². The molecule has 1 N–H and O–H groups in total. The third-order valence-electron chi connectivity index (χ3n) is 2.08. The Hall–Kier alpha value is -1.82. The second-order valence-electron chi connectivity index (χ2n) is 2.96. The largest absolute Gasteiger partial charge is 0.360 e. The van der Waals surface area contributed by atoms with Crippen LogP contribution in [0.5, 0.6) is 0 Å². The molecule has 0 saturated heterocycles. The molecule has 0 unspecified atom stereocenters. The van der Waals surface area contributed by atoms with Gasteiger partial charge in [-0.15, -0.1) is 0 Å². The fourth-order valence-corrected chi connectivity index (χ4v) is 1.34. The van der Waals surface area contributed by atoms with E-state index in [1.165, 1.54) is 6.07 Å². The summed E-state index contributed by atoms with van der Waals surface area (Å²) < 4.78 is 13.1. The SMILES string of the molecule is Cc1cc2c(C#N)c[nH]c2cc1F. The Labute approximate surface area is 74.6 Å². The number of rotatable bonds is 0. The minimum absolute atomic E-state index is 0.251. The van der Waals surface area contributed by atoms with Crippen LogP contribution in [0.1, 0.15) is 11.1 Å². The number of nitrogens with zero attached hydrogens (tertiary/aromatic N) is 1. The number of aromatic nitrogens is 1. The van der Waals surface area contributed by atoms with Crippen LogP contribution in [0.25, 0.3) is 10.9 Å². The van der Waals surface area contributed by atoms with Crippen molar-refractivity contribution in [2.45, 2.75) is 6.92 Å². The van der Waals surface area contributed by atoms with E-state index in [2.05, 4.69) is 4.98 Å². The fraction of sp³-hybridized carbons (Fsp3) is 0.100. The molecule has 3 heteroatoms. The molecule has 0 aliphatic rings. The lowest BCUT2D eigenvalue weighted by Crippen LogP contribution is -1.81. The predicted molar refractivity (Wildman–Crippen MR) is 47.7 cm³/mol. The van der Waals surface area contributed by atoms with E-state index in [-0.39, 0.29) is 5.82 Å². The normalized spacial score (nSPS) is 10.2. The van der Waals surface area contributed by atoms with Crippen LogP contribution in [0.15, 0.2) is 18.3 Å². The van der Waals surface area contributed by atoms with Crippen molar-refractivity contribution in [3.05, 3.63) is 35.3 Å². The Morgan fingerprint density at radius 1 is 1.46 bits per heavy atom. The molecule has 13 heavy (non-hydrogen) atoms. The molecule has 0 amide bonds. The maximum absolute atomic E-state index is 13.1. The molecule has 0 atom stereocenters. The summed E-state index contributed by atoms with van der Waals surface area (Å²) in [6.07, 6.45) is 1.59. The average molecular weight is 174 g/mol. The summed E-state index contributed by atoms with van der Waals surface area (Å²) in [5.74, 6) is -0.251. The molecule has 0 aliphatic carbocycles. The van der Waals surface area contributed by atoms with Gasteiger partial charge < -0.3 is 4.98 Å². The van der Waals surface area contributed by atoms with Crippen LogP contribution < -0.4 is 0 Å². The lowest BCUT2D eigenvalue weighted by molar-refractivity contribution is 0.620. The number of aromatic amines is 1. The number of nitriles is 1. The molecule has 64 valence electrons. The van der Waals surface area contributed by atoms with Crippen molar-refractivity contribution in [3.8, 4) is 6.07 Å². The van der Waals surface area contributed by atoms with Gasteiger partial charge in [0, 0.05) is 17.1 Å². The lowest BCUT2D eigenvalue weighted by atomic mass is 10.1. The summed E-state index contributed by atoms with van der Waals surface area (Å²) in [4.78, 5) is 2.84. The van der Waals surface area contributed by atoms with Gasteiger partial charge in [-0.05, 0) is 24.6 Å². The van der Waals surface area contributed by atoms with Gasteiger partial charge in [-0.2, -0.15) is 5.26 Å². The number of halogens is 1. The third-order valence-corrected chi connectivity index (χ3v) is 2.08. The average Bonchev–Trinajstić information content (AvgIpc) is 2.48. The standard InChI is InChI=1S/C10H7FN2/c1-6-2-8-7(4-12)5-13-10(8)3-9(6)11/h2-3,5,13H,1H3. The highest BCUT2D eigenvalue weighted by atomic mass is 19.1. The van der Waals surface area contributed by atoms with Crippen LogP contribution >= 0.6 is 0 Å². The van der Waals surface area contributed by atoms with E-state index in [4.69, 9.17) is 5.26 Å². The first-order chi connectivity index (χ1) is 6.22. The van der Waals surface area contributed by atoms with Gasteiger partial charge in [0.2, 0.25) is 0 Å². The van der Waals surface area contributed by atoms with E-state index in [0.717, 1.165) is 5.39 Å². The summed E-state index contributed by atoms with van der Waals surface area (Å²) in [5.41, 5.74) is 1.78. The summed E-state index contributed by atoms with van der Waals surface area (Å²) in [7, 11) is 0. The first kappa shape index (κ1) is 7.81. The second kappa shape index (κ2) is 2.60. The summed E-state index contributed by atoms with van der Waals surface area (Å²) in [6.45, 7) is 1.68. The van der Waals surface area contributed by atoms with Crippen molar-refractivity contribution in [3.63, 3.8) is 0 Å². The zero-order valence-corrected chi connectivity index (χ0v) is 7.06. The van der Waals surface area contributed by atoms with Crippen LogP contribution in [-0.2, 0) is 0 Å². The number of fused-ring (bicyclic) bond motifs is 1. The molecule has 2 nitrogen and oxygen atoms in total. The molecule has 1 heterocycles. The van der Waals surface area contributed by atoms with Gasteiger partial charge in [0.15, 0.2) is 0 Å². The lowest BCUT2D eigenvalue weighted by Gasteiger charge is -1.95. The molecule has 0 aliphatic heterocycles. The zero-order valence-electron chi connectivity index (χ0n) is 7.06. The Kier molecular flexibility index (Phi) is 1.56. The number of hydrogen-bond donors (Lipinski definition) is 1. The fourth-order valence-electron chi connectivity index (χ4n) is 1.34. The van der Waals surface area contributed by atoms with Crippen LogP contribution in [0.4, 0.5) is 4.39 Å². The van der Waals surface area contributed by atoms with Gasteiger partial charge in [0.1, 0.15) is 11.9 Å². The van der Waals surface area contributed by atoms with Crippen LogP contribution in [0.3, 0.4) is 0 Å². The van der Waals surface area contributed by atoms with Crippen molar-refractivity contribution in [2.75, 3.05) is 0 Å². The maximum Gasteiger partial charge on any atom is 0.128 e. The molecule has 0 saturated carbocycles. The number of benzene rings is 1. The highest BCUT2D eigenvalue weighted by Gasteiger charge is 2.05. The summed E-state index contributed by atoms with van der Waals surface area (Å²) in [6, 6.07) is 5.13. The molecule has 1 aromatic heterocycles. The zero-order chi connectivity index (χ0) is 9.42. The molecule has 1 aromatic carbocycles. The molecule has 0 radical (unpaired) electrons. The molecule has 2 rings (SSSR count). The van der Waals surface area contributed by atoms with E-state index in [0.29, 0.717) is 16.6 Å². The Morgan fingerprint density at radius 3 is 2.92 bits per heavy atom. The molecular weight excluding hydrogens is 167 g/mol. The first-order valence-electron chi connectivity index (χ1n) is 3.89. The smallest absolute Gasteiger partial charge is 0.128 e. The van der Waals surface area contributed by atoms with E-state index in [9.17, 15) is 4.39 Å². The Bertz CT molecular complexity index is 505. The number of H-pyrrole nitrogens is 1. The Morgan fingerprint density at radius 2 is 2.23 bits per heavy atom. The van der Waals surface area contributed by atoms with Crippen molar-refractivity contribution in [1.29, 1.82) is 5.26 Å². The van der Waals surface area contributed by atoms with Crippen molar-refractivity contribution < 1.29 is 4.39 Å². The highest BCUT2D eigenvalue weighted by Crippen LogP contribution is 2.20. The van der Waals surface area contributed by atoms with Crippen molar-refractivity contribution in [2.24, 2.45) is 0 Å². The Balaban J connectivity index is 2.86. The van der Waals surface area contributed by atoms with Gasteiger partial charge in [0.05, 0.1) is 5.56 Å². The molecule has 2 aromatic rings. The number of hydrogen-bond acceptors (Lipinski definition) is 1. The molecular formula is C10H7FN2. The second-order valence-corrected chi connectivity index (χ2v) is 2.96. The number of aryl methyl sites for hydroxylation is 1. The van der Waals surface area contributed by atoms with Gasteiger partial charge in [0.25, 0.3) is 0 Å². The minimum atomic E-state index is -0.251. The van der Waals surface area contributed by atoms with Crippen LogP contribution in [0, 0.1) is 24.1 Å². The van der Waals surface area contributed by atoms with Crippen molar-refractivity contribution in [1.82, 2.24) is 4.98 Å². The van der Waals surface area contributed by atoms with E-state index in [1.54, 1.807) is 19.2 Å². The molecule has 0 fully saturated rings. The molecule has 0 spiro atoms. The number of nitrogens with one attached hydrogen (secondary N) is 1. The van der Waals surface area contributed by atoms with Gasteiger partial charge in [-0.3, -0.25) is 0 Å². The predicted octanol–water partition coefficient (Wildman–Crippen LogP) is 2.49. The quantitative estimate of drug-likeness (QED) is 0.654. The van der Waals surface area contributed by atoms with Gasteiger partial charge >= 0.3 is 0 Å². The monoisotopic (exact) mass is 174 g/mol. The van der Waals surface area contributed by atoms with Crippen LogP contribution in [-0.4, -0.2) is 4.98 Å². The van der Waals surface area contributed by atoms with E-state index in [1.807, 2.05) is 6.07 Å². The topological polar surface area (TPSA) is 39.6 Å². The van der Waals surface area contributed by atoms with E-state index < -0.39 is 0 Å².